The molecule has 0 amide bonds. The molecule has 5 nitrogen and oxygen atoms in total. The zero-order valence-corrected chi connectivity index (χ0v) is 10.7. The topological polar surface area (TPSA) is 63.0 Å². The van der Waals surface area contributed by atoms with Gasteiger partial charge in [0.1, 0.15) is 11.6 Å². The summed E-state index contributed by atoms with van der Waals surface area (Å²) in [6, 6.07) is 9.80. The van der Waals surface area contributed by atoms with Crippen LogP contribution in [0.4, 0.5) is 0 Å². The molecule has 1 unspecified atom stereocenters. The van der Waals surface area contributed by atoms with E-state index in [-0.39, 0.29) is 12.6 Å². The van der Waals surface area contributed by atoms with Gasteiger partial charge < -0.3 is 15.0 Å². The number of aromatic nitrogens is 3. The van der Waals surface area contributed by atoms with E-state index < -0.39 is 0 Å². The SMILES string of the molecule is Cc1nnc(CNC(CO)c2ccccc2)n1C. The third-order valence-corrected chi connectivity index (χ3v) is 3.07. The zero-order chi connectivity index (χ0) is 13.0. The highest BCUT2D eigenvalue weighted by Crippen LogP contribution is 2.12. The van der Waals surface area contributed by atoms with Crippen molar-refractivity contribution >= 4 is 0 Å². The van der Waals surface area contributed by atoms with Gasteiger partial charge in [-0.15, -0.1) is 10.2 Å². The van der Waals surface area contributed by atoms with Crippen LogP contribution in [0.15, 0.2) is 30.3 Å². The van der Waals surface area contributed by atoms with Crippen LogP contribution >= 0.6 is 0 Å². The van der Waals surface area contributed by atoms with Crippen LogP contribution in [-0.2, 0) is 13.6 Å². The Balaban J connectivity index is 2.02. The van der Waals surface area contributed by atoms with Crippen LogP contribution in [0.25, 0.3) is 0 Å². The molecule has 2 rings (SSSR count). The van der Waals surface area contributed by atoms with E-state index in [1.807, 2.05) is 48.9 Å². The first-order chi connectivity index (χ1) is 8.72. The molecular formula is C13H18N4O. The van der Waals surface area contributed by atoms with Gasteiger partial charge in [-0.05, 0) is 12.5 Å². The fourth-order valence-electron chi connectivity index (χ4n) is 1.79. The monoisotopic (exact) mass is 246 g/mol. The molecule has 1 atom stereocenters. The van der Waals surface area contributed by atoms with Crippen molar-refractivity contribution in [3.05, 3.63) is 47.5 Å². The maximum absolute atomic E-state index is 9.43. The largest absolute Gasteiger partial charge is 0.394 e. The second-order valence-electron chi connectivity index (χ2n) is 4.25. The third kappa shape index (κ3) is 2.75. The van der Waals surface area contributed by atoms with Gasteiger partial charge in [-0.2, -0.15) is 0 Å². The van der Waals surface area contributed by atoms with Gasteiger partial charge in [0.05, 0.1) is 19.2 Å². The van der Waals surface area contributed by atoms with Crippen LogP contribution in [-0.4, -0.2) is 26.5 Å². The Morgan fingerprint density at radius 1 is 1.28 bits per heavy atom. The number of hydrogen-bond acceptors (Lipinski definition) is 4. The zero-order valence-electron chi connectivity index (χ0n) is 10.7. The molecular weight excluding hydrogens is 228 g/mol. The molecule has 0 aliphatic carbocycles. The maximum Gasteiger partial charge on any atom is 0.146 e. The van der Waals surface area contributed by atoms with Crippen LogP contribution in [0.5, 0.6) is 0 Å². The summed E-state index contributed by atoms with van der Waals surface area (Å²) < 4.78 is 1.94. The van der Waals surface area contributed by atoms with Crippen LogP contribution in [0.1, 0.15) is 23.3 Å². The average Bonchev–Trinajstić information content (AvgIpc) is 2.72. The van der Waals surface area contributed by atoms with Gasteiger partial charge in [0.25, 0.3) is 0 Å². The van der Waals surface area contributed by atoms with E-state index in [0.29, 0.717) is 6.54 Å². The molecule has 2 N–H and O–H groups in total. The second kappa shape index (κ2) is 5.75. The molecule has 0 aliphatic rings. The summed E-state index contributed by atoms with van der Waals surface area (Å²) in [5.74, 6) is 1.74. The standard InChI is InChI=1S/C13H18N4O/c1-10-15-16-13(17(10)2)8-14-12(9-18)11-6-4-3-5-7-11/h3-7,12,14,18H,8-9H2,1-2H3. The average molecular weight is 246 g/mol. The molecule has 0 aliphatic heterocycles. The van der Waals surface area contributed by atoms with Gasteiger partial charge in [-0.3, -0.25) is 0 Å². The Morgan fingerprint density at radius 3 is 2.56 bits per heavy atom. The quantitative estimate of drug-likeness (QED) is 0.824. The van der Waals surface area contributed by atoms with E-state index in [1.165, 1.54) is 0 Å². The van der Waals surface area contributed by atoms with Gasteiger partial charge in [-0.25, -0.2) is 0 Å². The predicted octanol–water partition coefficient (Wildman–Crippen LogP) is 0.947. The van der Waals surface area contributed by atoms with Crippen molar-refractivity contribution in [3.63, 3.8) is 0 Å². The van der Waals surface area contributed by atoms with Gasteiger partial charge in [0.2, 0.25) is 0 Å². The summed E-state index contributed by atoms with van der Waals surface area (Å²) in [7, 11) is 1.93. The number of aryl methyl sites for hydroxylation is 1. The van der Waals surface area contributed by atoms with Crippen molar-refractivity contribution in [2.45, 2.75) is 19.5 Å². The molecule has 0 fully saturated rings. The highest BCUT2D eigenvalue weighted by atomic mass is 16.3. The van der Waals surface area contributed by atoms with Crippen LogP contribution in [0.2, 0.25) is 0 Å². The number of nitrogens with zero attached hydrogens (tertiary/aromatic N) is 3. The summed E-state index contributed by atoms with van der Waals surface area (Å²) in [6.45, 7) is 2.55. The Morgan fingerprint density at radius 2 is 2.00 bits per heavy atom. The highest BCUT2D eigenvalue weighted by Gasteiger charge is 2.11. The van der Waals surface area contributed by atoms with Crippen molar-refractivity contribution in [3.8, 4) is 0 Å². The van der Waals surface area contributed by atoms with Crippen LogP contribution in [0, 0.1) is 6.92 Å². The molecule has 1 aromatic carbocycles. The second-order valence-corrected chi connectivity index (χ2v) is 4.25. The number of benzene rings is 1. The van der Waals surface area contributed by atoms with Crippen molar-refractivity contribution in [1.29, 1.82) is 0 Å². The van der Waals surface area contributed by atoms with E-state index in [4.69, 9.17) is 0 Å². The lowest BCUT2D eigenvalue weighted by Crippen LogP contribution is -2.25. The summed E-state index contributed by atoms with van der Waals surface area (Å²) >= 11 is 0. The number of hydrogen-bond donors (Lipinski definition) is 2. The predicted molar refractivity (Wildman–Crippen MR) is 68.8 cm³/mol. The first-order valence-corrected chi connectivity index (χ1v) is 5.96. The Kier molecular flexibility index (Phi) is 4.07. The van der Waals surface area contributed by atoms with Gasteiger partial charge in [0, 0.05) is 7.05 Å². The number of rotatable bonds is 5. The fourth-order valence-corrected chi connectivity index (χ4v) is 1.79. The number of aliphatic hydroxyl groups is 1. The molecule has 2 aromatic rings. The van der Waals surface area contributed by atoms with Gasteiger partial charge in [-0.1, -0.05) is 30.3 Å². The molecule has 18 heavy (non-hydrogen) atoms. The Bertz CT molecular complexity index is 495. The molecule has 0 spiro atoms. The minimum Gasteiger partial charge on any atom is -0.394 e. The molecule has 1 aromatic heterocycles. The maximum atomic E-state index is 9.43. The van der Waals surface area contributed by atoms with E-state index >= 15 is 0 Å². The van der Waals surface area contributed by atoms with Crippen LogP contribution in [0.3, 0.4) is 0 Å². The Labute approximate surface area is 106 Å². The third-order valence-electron chi connectivity index (χ3n) is 3.07. The molecule has 0 saturated carbocycles. The summed E-state index contributed by atoms with van der Waals surface area (Å²) in [6.07, 6.45) is 0. The van der Waals surface area contributed by atoms with Crippen molar-refractivity contribution < 1.29 is 5.11 Å². The van der Waals surface area contributed by atoms with Gasteiger partial charge in [0.15, 0.2) is 0 Å². The highest BCUT2D eigenvalue weighted by molar-refractivity contribution is 5.18. The van der Waals surface area contributed by atoms with E-state index in [1.54, 1.807) is 0 Å². The van der Waals surface area contributed by atoms with Crippen LogP contribution < -0.4 is 5.32 Å². The fraction of sp³-hybridized carbons (Fsp3) is 0.385. The normalized spacial score (nSPS) is 12.6. The van der Waals surface area contributed by atoms with Crippen molar-refractivity contribution in [2.24, 2.45) is 7.05 Å². The van der Waals surface area contributed by atoms with Crippen molar-refractivity contribution in [2.75, 3.05) is 6.61 Å². The van der Waals surface area contributed by atoms with Crippen molar-refractivity contribution in [1.82, 2.24) is 20.1 Å². The minimum absolute atomic E-state index is 0.0564. The van der Waals surface area contributed by atoms with E-state index in [0.717, 1.165) is 17.2 Å². The molecule has 0 bridgehead atoms. The molecule has 0 saturated heterocycles. The molecule has 96 valence electrons. The lowest BCUT2D eigenvalue weighted by atomic mass is 10.1. The lowest BCUT2D eigenvalue weighted by Gasteiger charge is -2.16. The summed E-state index contributed by atoms with van der Waals surface area (Å²) in [5, 5.41) is 20.8. The minimum atomic E-state index is -0.0804. The number of aliphatic hydroxyl groups excluding tert-OH is 1. The summed E-state index contributed by atoms with van der Waals surface area (Å²) in [4.78, 5) is 0. The first-order valence-electron chi connectivity index (χ1n) is 5.96. The summed E-state index contributed by atoms with van der Waals surface area (Å²) in [5.41, 5.74) is 1.07. The molecule has 0 radical (unpaired) electrons. The van der Waals surface area contributed by atoms with E-state index in [9.17, 15) is 5.11 Å². The van der Waals surface area contributed by atoms with E-state index in [2.05, 4.69) is 15.5 Å². The lowest BCUT2D eigenvalue weighted by molar-refractivity contribution is 0.242. The Hall–Kier alpha value is -1.72. The smallest absolute Gasteiger partial charge is 0.146 e. The van der Waals surface area contributed by atoms with Gasteiger partial charge >= 0.3 is 0 Å². The molecule has 5 heteroatoms. The first kappa shape index (κ1) is 12.7. The number of nitrogens with one attached hydrogen (secondary N) is 1. The molecule has 1 heterocycles.